The SMILES string of the molecule is [O-]/[N+](O)=C(\Cl)C(Cl)(Cl)Nc1ccccc1. The molecular weight excluding hydrogens is 262 g/mol. The minimum absolute atomic E-state index is 0.558. The third-order valence-corrected chi connectivity index (χ3v) is 2.67. The van der Waals surface area contributed by atoms with E-state index in [1.54, 1.807) is 30.3 Å². The number of benzene rings is 1. The van der Waals surface area contributed by atoms with Crippen LogP contribution in [0.5, 0.6) is 0 Å². The molecule has 0 fully saturated rings. The third kappa shape index (κ3) is 3.34. The maximum Gasteiger partial charge on any atom is 0.368 e. The van der Waals surface area contributed by atoms with E-state index in [4.69, 9.17) is 40.0 Å². The fourth-order valence-corrected chi connectivity index (χ4v) is 1.28. The van der Waals surface area contributed by atoms with Gasteiger partial charge in [-0.1, -0.05) is 41.4 Å². The predicted octanol–water partition coefficient (Wildman–Crippen LogP) is 2.77. The van der Waals surface area contributed by atoms with Crippen LogP contribution in [0, 0.1) is 5.21 Å². The first-order valence-electron chi connectivity index (χ1n) is 3.83. The van der Waals surface area contributed by atoms with Gasteiger partial charge in [0.1, 0.15) is 0 Å². The molecule has 0 aliphatic heterocycles. The molecule has 0 bridgehead atoms. The van der Waals surface area contributed by atoms with Crippen LogP contribution in [-0.2, 0) is 0 Å². The van der Waals surface area contributed by atoms with Crippen LogP contribution in [0.3, 0.4) is 0 Å². The van der Waals surface area contributed by atoms with Gasteiger partial charge in [-0.05, 0) is 23.7 Å². The average Bonchev–Trinajstić information content (AvgIpc) is 2.17. The van der Waals surface area contributed by atoms with E-state index in [2.05, 4.69) is 5.32 Å². The van der Waals surface area contributed by atoms with Crippen LogP contribution in [0.2, 0.25) is 0 Å². The molecule has 1 aromatic carbocycles. The summed E-state index contributed by atoms with van der Waals surface area (Å²) in [5.74, 6) is 0. The lowest BCUT2D eigenvalue weighted by Gasteiger charge is -2.17. The molecule has 0 radical (unpaired) electrons. The smallest absolute Gasteiger partial charge is 0.368 e. The van der Waals surface area contributed by atoms with Crippen molar-refractivity contribution in [3.8, 4) is 0 Å². The van der Waals surface area contributed by atoms with Gasteiger partial charge < -0.3 is 10.5 Å². The quantitative estimate of drug-likeness (QED) is 0.221. The molecule has 0 aromatic heterocycles. The van der Waals surface area contributed by atoms with E-state index < -0.39 is 14.5 Å². The summed E-state index contributed by atoms with van der Waals surface area (Å²) in [4.78, 5) is -0.600. The van der Waals surface area contributed by atoms with Gasteiger partial charge in [0.25, 0.3) is 4.46 Å². The lowest BCUT2D eigenvalue weighted by atomic mass is 10.3. The minimum Gasteiger partial charge on any atom is -0.416 e. The van der Waals surface area contributed by atoms with Crippen LogP contribution in [-0.4, -0.2) is 19.7 Å². The molecule has 15 heavy (non-hydrogen) atoms. The second-order valence-corrected chi connectivity index (χ2v) is 4.31. The molecule has 0 atom stereocenters. The molecule has 1 aromatic rings. The van der Waals surface area contributed by atoms with Crippen molar-refractivity contribution in [3.63, 3.8) is 0 Å². The van der Waals surface area contributed by atoms with E-state index in [0.717, 1.165) is 0 Å². The summed E-state index contributed by atoms with van der Waals surface area (Å²) in [6.45, 7) is 0. The average molecular weight is 270 g/mol. The van der Waals surface area contributed by atoms with E-state index >= 15 is 0 Å². The molecule has 0 aliphatic carbocycles. The zero-order valence-corrected chi connectivity index (χ0v) is 9.59. The highest BCUT2D eigenvalue weighted by atomic mass is 35.5. The van der Waals surface area contributed by atoms with Crippen molar-refractivity contribution in [1.29, 1.82) is 0 Å². The normalized spacial score (nSPS) is 13.3. The molecule has 0 saturated heterocycles. The van der Waals surface area contributed by atoms with Gasteiger partial charge >= 0.3 is 5.17 Å². The largest absolute Gasteiger partial charge is 0.416 e. The van der Waals surface area contributed by atoms with E-state index in [0.29, 0.717) is 5.69 Å². The van der Waals surface area contributed by atoms with Gasteiger partial charge in [-0.3, -0.25) is 5.21 Å². The first kappa shape index (κ1) is 12.2. The molecule has 4 nitrogen and oxygen atoms in total. The van der Waals surface area contributed by atoms with Gasteiger partial charge in [0.2, 0.25) is 0 Å². The third-order valence-electron chi connectivity index (χ3n) is 1.50. The second kappa shape index (κ2) is 4.79. The highest BCUT2D eigenvalue weighted by Gasteiger charge is 2.38. The Kier molecular flexibility index (Phi) is 3.90. The van der Waals surface area contributed by atoms with Crippen molar-refractivity contribution in [1.82, 2.24) is 0 Å². The van der Waals surface area contributed by atoms with E-state index in [9.17, 15) is 5.21 Å². The Morgan fingerprint density at radius 2 is 1.87 bits per heavy atom. The molecule has 1 rings (SSSR count). The van der Waals surface area contributed by atoms with Gasteiger partial charge in [0.05, 0.1) is 4.90 Å². The van der Waals surface area contributed by atoms with Gasteiger partial charge in [-0.15, -0.1) is 0 Å². The molecule has 7 heteroatoms. The van der Waals surface area contributed by atoms with Gasteiger partial charge in [0.15, 0.2) is 0 Å². The van der Waals surface area contributed by atoms with Crippen LogP contribution in [0.1, 0.15) is 0 Å². The Balaban J connectivity index is 2.87. The Hall–Kier alpha value is -0.840. The number of nitrogens with one attached hydrogen (secondary N) is 1. The number of hydrogen-bond donors (Lipinski definition) is 2. The van der Waals surface area contributed by atoms with Crippen LogP contribution in [0.15, 0.2) is 30.3 Å². The molecule has 82 valence electrons. The number of hydrogen-bond acceptors (Lipinski definition) is 3. The van der Waals surface area contributed by atoms with Crippen LogP contribution in [0.25, 0.3) is 0 Å². The van der Waals surface area contributed by atoms with Crippen LogP contribution >= 0.6 is 34.8 Å². The standard InChI is InChI=1S/C8H7Cl3N2O2/c9-7(13(14)15)8(10,11)12-6-4-2-1-3-5-6/h1-5,12H,(H,14,15). The van der Waals surface area contributed by atoms with Gasteiger partial charge in [0, 0.05) is 5.69 Å². The van der Waals surface area contributed by atoms with Crippen molar-refractivity contribution in [3.05, 3.63) is 35.5 Å². The first-order valence-corrected chi connectivity index (χ1v) is 4.97. The van der Waals surface area contributed by atoms with Crippen molar-refractivity contribution >= 4 is 45.7 Å². The summed E-state index contributed by atoms with van der Waals surface area (Å²) in [5.41, 5.74) is 0.558. The zero-order chi connectivity index (χ0) is 11.5. The van der Waals surface area contributed by atoms with E-state index in [1.165, 1.54) is 0 Å². The summed E-state index contributed by atoms with van der Waals surface area (Å²) >= 11 is 16.8. The summed E-state index contributed by atoms with van der Waals surface area (Å²) in [7, 11) is 0. The van der Waals surface area contributed by atoms with E-state index in [1.807, 2.05) is 0 Å². The summed E-state index contributed by atoms with van der Waals surface area (Å²) in [6, 6.07) is 8.64. The Morgan fingerprint density at radius 3 is 2.33 bits per heavy atom. The lowest BCUT2D eigenvalue weighted by molar-refractivity contribution is -0.725. The van der Waals surface area contributed by atoms with Crippen molar-refractivity contribution in [2.45, 2.75) is 4.46 Å². The molecular formula is C8H7Cl3N2O2. The van der Waals surface area contributed by atoms with Crippen molar-refractivity contribution in [2.75, 3.05) is 5.32 Å². The fraction of sp³-hybridized carbons (Fsp3) is 0.125. The highest BCUT2D eigenvalue weighted by Crippen LogP contribution is 2.27. The number of rotatable bonds is 3. The number of para-hydroxylation sites is 1. The summed E-state index contributed by atoms with van der Waals surface area (Å²) in [5, 5.41) is 20.9. The van der Waals surface area contributed by atoms with Crippen molar-refractivity contribution < 1.29 is 10.1 Å². The van der Waals surface area contributed by atoms with Crippen LogP contribution < -0.4 is 5.32 Å². The van der Waals surface area contributed by atoms with Gasteiger partial charge in [-0.2, -0.15) is 0 Å². The molecule has 0 unspecified atom stereocenters. The topological polar surface area (TPSA) is 58.3 Å². The number of anilines is 1. The second-order valence-electron chi connectivity index (χ2n) is 2.63. The number of alkyl halides is 2. The Morgan fingerprint density at radius 1 is 1.33 bits per heavy atom. The molecule has 0 amide bonds. The molecule has 0 spiro atoms. The Labute approximate surface area is 101 Å². The first-order chi connectivity index (χ1) is 6.93. The lowest BCUT2D eigenvalue weighted by Crippen LogP contribution is -2.35. The summed E-state index contributed by atoms with van der Waals surface area (Å²) in [6.07, 6.45) is 0. The minimum atomic E-state index is -1.88. The maximum atomic E-state index is 10.5. The Bertz CT molecular complexity index is 363. The number of halogens is 3. The zero-order valence-electron chi connectivity index (χ0n) is 7.32. The summed E-state index contributed by atoms with van der Waals surface area (Å²) < 4.78 is -1.88. The van der Waals surface area contributed by atoms with Crippen LogP contribution in [0.4, 0.5) is 5.69 Å². The molecule has 0 heterocycles. The molecule has 0 saturated carbocycles. The highest BCUT2D eigenvalue weighted by molar-refractivity contribution is 6.79. The molecule has 2 N–H and O–H groups in total. The number of nitrogens with zero attached hydrogens (tertiary/aromatic N) is 1. The monoisotopic (exact) mass is 268 g/mol. The van der Waals surface area contributed by atoms with E-state index in [-0.39, 0.29) is 0 Å². The van der Waals surface area contributed by atoms with Gasteiger partial charge in [-0.25, -0.2) is 0 Å². The maximum absolute atomic E-state index is 10.5. The van der Waals surface area contributed by atoms with Crippen molar-refractivity contribution in [2.24, 2.45) is 0 Å². The predicted molar refractivity (Wildman–Crippen MR) is 60.8 cm³/mol. The fourth-order valence-electron chi connectivity index (χ4n) is 0.874. The molecule has 0 aliphatic rings.